The second-order valence-electron chi connectivity index (χ2n) is 9.63. The highest BCUT2D eigenvalue weighted by Gasteiger charge is 2.47. The van der Waals surface area contributed by atoms with Crippen LogP contribution in [0.3, 0.4) is 0 Å². The summed E-state index contributed by atoms with van der Waals surface area (Å²) in [4.78, 5) is 43.3. The monoisotopic (exact) mass is 507 g/mol. The first kappa shape index (κ1) is 24.9. The molecule has 1 saturated heterocycles. The maximum absolute atomic E-state index is 14.0. The number of amides is 3. The van der Waals surface area contributed by atoms with Gasteiger partial charge in [-0.25, -0.2) is 4.79 Å². The van der Waals surface area contributed by atoms with E-state index in [0.717, 1.165) is 17.5 Å². The molecular weight excluding hydrogens is 474 g/mol. The van der Waals surface area contributed by atoms with Gasteiger partial charge in [-0.1, -0.05) is 24.3 Å². The van der Waals surface area contributed by atoms with E-state index < -0.39 is 12.0 Å². The highest BCUT2D eigenvalue weighted by molar-refractivity contribution is 6.02. The van der Waals surface area contributed by atoms with Gasteiger partial charge in [0, 0.05) is 31.2 Å². The molecule has 9 heteroatoms. The molecule has 1 N–H and O–H groups in total. The Labute approximate surface area is 216 Å². The second-order valence-corrected chi connectivity index (χ2v) is 9.63. The number of ether oxygens (including phenoxy) is 3. The number of nitrogens with one attached hydrogen (secondary N) is 1. The molecule has 0 radical (unpaired) electrons. The minimum absolute atomic E-state index is 0.0771. The summed E-state index contributed by atoms with van der Waals surface area (Å²) in [5, 5.41) is 3.24. The molecule has 0 saturated carbocycles. The lowest BCUT2D eigenvalue weighted by Crippen LogP contribution is -2.52. The predicted octanol–water partition coefficient (Wildman–Crippen LogP) is 3.28. The van der Waals surface area contributed by atoms with Crippen LogP contribution in [0.25, 0.3) is 0 Å². The van der Waals surface area contributed by atoms with Gasteiger partial charge in [0.2, 0.25) is 5.91 Å². The number of carbonyl (C=O) groups is 3. The van der Waals surface area contributed by atoms with Crippen molar-refractivity contribution in [2.45, 2.75) is 44.2 Å². The van der Waals surface area contributed by atoms with Crippen LogP contribution in [0.1, 0.15) is 58.8 Å². The molecule has 0 aromatic heterocycles. The Hall–Kier alpha value is -3.75. The smallest absolute Gasteiger partial charge is 0.409 e. The summed E-state index contributed by atoms with van der Waals surface area (Å²) < 4.78 is 16.1. The van der Waals surface area contributed by atoms with Crippen LogP contribution in [0.5, 0.6) is 11.5 Å². The van der Waals surface area contributed by atoms with E-state index >= 15 is 0 Å². The predicted molar refractivity (Wildman–Crippen MR) is 136 cm³/mol. The van der Waals surface area contributed by atoms with Crippen LogP contribution < -0.4 is 14.8 Å². The van der Waals surface area contributed by atoms with E-state index in [4.69, 9.17) is 14.2 Å². The van der Waals surface area contributed by atoms with E-state index in [1.165, 1.54) is 7.11 Å². The Morgan fingerprint density at radius 1 is 1.00 bits per heavy atom. The van der Waals surface area contributed by atoms with Gasteiger partial charge in [0.05, 0.1) is 32.8 Å². The third-order valence-corrected chi connectivity index (χ3v) is 7.68. The number of hydrogen-bond donors (Lipinski definition) is 1. The molecule has 3 amide bonds. The topological polar surface area (TPSA) is 97.4 Å². The van der Waals surface area contributed by atoms with E-state index in [-0.39, 0.29) is 23.9 Å². The molecule has 2 aromatic carbocycles. The summed E-state index contributed by atoms with van der Waals surface area (Å²) in [7, 11) is 3.08. The van der Waals surface area contributed by atoms with Crippen LogP contribution in [-0.4, -0.2) is 74.2 Å². The van der Waals surface area contributed by atoms with Gasteiger partial charge in [-0.2, -0.15) is 0 Å². The lowest BCUT2D eigenvalue weighted by atomic mass is 9.75. The average Bonchev–Trinajstić information content (AvgIpc) is 2.92. The van der Waals surface area contributed by atoms with Gasteiger partial charge in [-0.3, -0.25) is 9.59 Å². The summed E-state index contributed by atoms with van der Waals surface area (Å²) in [6.07, 6.45) is 1.70. The standard InChI is InChI=1S/C28H33N3O6/c1-4-37-28(34)30-12-10-18(11-13-30)29-26(32)24-20-15-22(35-2)23(36-3)16-21(20)27(33)31-14-9-17-7-5-6-8-19(17)25(24)31/h5-8,15-16,18,24-25H,4,9-14H2,1-3H3,(H,29,32)/t24-,25+/m1/s1. The number of carbonyl (C=O) groups excluding carboxylic acids is 3. The third kappa shape index (κ3) is 4.47. The van der Waals surface area contributed by atoms with Gasteiger partial charge in [0.1, 0.15) is 0 Å². The maximum atomic E-state index is 14.0. The molecule has 37 heavy (non-hydrogen) atoms. The van der Waals surface area contributed by atoms with Crippen molar-refractivity contribution in [3.63, 3.8) is 0 Å². The van der Waals surface area contributed by atoms with E-state index in [1.54, 1.807) is 31.1 Å². The number of piperidine rings is 1. The van der Waals surface area contributed by atoms with Crippen LogP contribution in [0.2, 0.25) is 0 Å². The molecule has 3 aliphatic heterocycles. The van der Waals surface area contributed by atoms with Crippen molar-refractivity contribution < 1.29 is 28.6 Å². The third-order valence-electron chi connectivity index (χ3n) is 7.68. The van der Waals surface area contributed by atoms with Crippen molar-refractivity contribution in [3.05, 3.63) is 58.7 Å². The van der Waals surface area contributed by atoms with Gasteiger partial charge in [0.25, 0.3) is 5.91 Å². The van der Waals surface area contributed by atoms with Crippen LogP contribution in [0.4, 0.5) is 4.79 Å². The molecule has 2 aromatic rings. The van der Waals surface area contributed by atoms with Crippen molar-refractivity contribution in [2.75, 3.05) is 40.5 Å². The van der Waals surface area contributed by atoms with Crippen molar-refractivity contribution in [1.82, 2.24) is 15.1 Å². The molecule has 5 rings (SSSR count). The maximum Gasteiger partial charge on any atom is 0.409 e. The van der Waals surface area contributed by atoms with E-state index in [2.05, 4.69) is 11.4 Å². The Bertz CT molecular complexity index is 1210. The molecule has 3 heterocycles. The van der Waals surface area contributed by atoms with Crippen LogP contribution >= 0.6 is 0 Å². The van der Waals surface area contributed by atoms with Crippen molar-refractivity contribution in [1.29, 1.82) is 0 Å². The van der Waals surface area contributed by atoms with Crippen LogP contribution in [0.15, 0.2) is 36.4 Å². The van der Waals surface area contributed by atoms with Crippen molar-refractivity contribution in [2.24, 2.45) is 0 Å². The lowest BCUT2D eigenvalue weighted by molar-refractivity contribution is -0.125. The highest BCUT2D eigenvalue weighted by Crippen LogP contribution is 2.48. The first-order chi connectivity index (χ1) is 18.0. The first-order valence-electron chi connectivity index (χ1n) is 12.8. The molecule has 3 aliphatic rings. The molecule has 0 spiro atoms. The SMILES string of the molecule is CCOC(=O)N1CCC(NC(=O)[C@@H]2c3cc(OC)c(OC)cc3C(=O)N3CCc4ccccc4[C@@H]23)CC1. The van der Waals surface area contributed by atoms with Crippen LogP contribution in [-0.2, 0) is 16.0 Å². The number of benzene rings is 2. The molecule has 1 fully saturated rings. The number of likely N-dealkylation sites (tertiary alicyclic amines) is 1. The second kappa shape index (κ2) is 10.3. The molecular formula is C28H33N3O6. The van der Waals surface area contributed by atoms with Gasteiger partial charge in [-0.05, 0) is 55.0 Å². The Morgan fingerprint density at radius 3 is 2.41 bits per heavy atom. The van der Waals surface area contributed by atoms with Gasteiger partial charge < -0.3 is 29.3 Å². The summed E-state index contributed by atoms with van der Waals surface area (Å²) in [6.45, 7) is 3.70. The fraction of sp³-hybridized carbons (Fsp3) is 0.464. The van der Waals surface area contributed by atoms with Crippen LogP contribution in [0, 0.1) is 0 Å². The Balaban J connectivity index is 1.49. The molecule has 9 nitrogen and oxygen atoms in total. The zero-order valence-electron chi connectivity index (χ0n) is 21.5. The summed E-state index contributed by atoms with van der Waals surface area (Å²) in [5.41, 5.74) is 3.26. The molecule has 0 aliphatic carbocycles. The summed E-state index contributed by atoms with van der Waals surface area (Å²) >= 11 is 0. The molecule has 0 unspecified atom stereocenters. The normalized spacial score (nSPS) is 20.9. The number of fused-ring (bicyclic) bond motifs is 4. The van der Waals surface area contributed by atoms with E-state index in [9.17, 15) is 14.4 Å². The van der Waals surface area contributed by atoms with E-state index in [0.29, 0.717) is 61.7 Å². The van der Waals surface area contributed by atoms with Crippen molar-refractivity contribution in [3.8, 4) is 11.5 Å². The van der Waals surface area contributed by atoms with E-state index in [1.807, 2.05) is 23.1 Å². The fourth-order valence-electron chi connectivity index (χ4n) is 5.84. The van der Waals surface area contributed by atoms with Gasteiger partial charge in [-0.15, -0.1) is 0 Å². The summed E-state index contributed by atoms with van der Waals surface area (Å²) in [6, 6.07) is 11.0. The zero-order chi connectivity index (χ0) is 26.1. The zero-order valence-corrected chi connectivity index (χ0v) is 21.5. The average molecular weight is 508 g/mol. The summed E-state index contributed by atoms with van der Waals surface area (Å²) in [5.74, 6) is 0.0737. The van der Waals surface area contributed by atoms with Gasteiger partial charge >= 0.3 is 6.09 Å². The first-order valence-corrected chi connectivity index (χ1v) is 12.8. The van der Waals surface area contributed by atoms with Gasteiger partial charge in [0.15, 0.2) is 11.5 Å². The minimum Gasteiger partial charge on any atom is -0.493 e. The lowest BCUT2D eigenvalue weighted by Gasteiger charge is -2.45. The van der Waals surface area contributed by atoms with Crippen molar-refractivity contribution >= 4 is 17.9 Å². The number of rotatable bonds is 5. The number of methoxy groups -OCH3 is 2. The fourth-order valence-corrected chi connectivity index (χ4v) is 5.84. The number of nitrogens with zero attached hydrogens (tertiary/aromatic N) is 2. The number of hydrogen-bond acceptors (Lipinski definition) is 6. The molecule has 2 atom stereocenters. The largest absolute Gasteiger partial charge is 0.493 e. The molecule has 196 valence electrons. The highest BCUT2D eigenvalue weighted by atomic mass is 16.6. The Morgan fingerprint density at radius 2 is 1.70 bits per heavy atom. The Kier molecular flexibility index (Phi) is 6.95. The quantitative estimate of drug-likeness (QED) is 0.667. The molecule has 0 bridgehead atoms. The minimum atomic E-state index is -0.614.